The number of aromatic nitrogens is 2. The lowest BCUT2D eigenvalue weighted by Gasteiger charge is -2.31. The Bertz CT molecular complexity index is 1750. The summed E-state index contributed by atoms with van der Waals surface area (Å²) in [4.78, 5) is 56.1. The van der Waals surface area contributed by atoms with Gasteiger partial charge in [0.25, 0.3) is 11.6 Å². The van der Waals surface area contributed by atoms with Gasteiger partial charge >= 0.3 is 37.0 Å². The van der Waals surface area contributed by atoms with Crippen molar-refractivity contribution in [1.82, 2.24) is 9.55 Å². The fourth-order valence-corrected chi connectivity index (χ4v) is 10.5. The number of nitrogens with zero attached hydrogens (tertiary/aromatic N) is 2. The van der Waals surface area contributed by atoms with Crippen LogP contribution in [0.3, 0.4) is 0 Å². The predicted molar refractivity (Wildman–Crippen MR) is 169 cm³/mol. The lowest BCUT2D eigenvalue weighted by atomic mass is 10.0. The highest BCUT2D eigenvalue weighted by molar-refractivity contribution is 7.99. The van der Waals surface area contributed by atoms with Crippen LogP contribution in [0.2, 0.25) is 0 Å². The molecule has 0 bridgehead atoms. The molecule has 282 valence electrons. The van der Waals surface area contributed by atoms with Gasteiger partial charge in [-0.15, -0.1) is 11.8 Å². The maximum absolute atomic E-state index is 13.0. The number of aryl methyl sites for hydroxylation is 1. The minimum absolute atomic E-state index is 0.0492. The second kappa shape index (κ2) is 16.0. The Hall–Kier alpha value is -1.19. The van der Waals surface area contributed by atoms with E-state index in [4.69, 9.17) is 14.2 Å². The Kier molecular flexibility index (Phi) is 13.3. The maximum Gasteiger partial charge on any atom is 0.490 e. The predicted octanol–water partition coefficient (Wildman–Crippen LogP) is 2.92. The van der Waals surface area contributed by atoms with Gasteiger partial charge in [-0.25, -0.2) is 23.1 Å². The van der Waals surface area contributed by atoms with Crippen LogP contribution in [0, 0.1) is 0 Å². The van der Waals surface area contributed by atoms with Gasteiger partial charge in [0.15, 0.2) is 12.5 Å². The van der Waals surface area contributed by atoms with Crippen molar-refractivity contribution in [1.29, 1.82) is 0 Å². The van der Waals surface area contributed by atoms with E-state index in [1.807, 2.05) is 6.92 Å². The number of thioether (sulfide) groups is 1. The summed E-state index contributed by atoms with van der Waals surface area (Å²) in [5, 5.41) is 23.7. The molecule has 6 unspecified atom stereocenters. The summed E-state index contributed by atoms with van der Waals surface area (Å²) in [7, 11) is -23.3. The molecular formula is C24H36N2O19P4S. The van der Waals surface area contributed by atoms with Gasteiger partial charge in [0.1, 0.15) is 11.1 Å². The first kappa shape index (κ1) is 41.6. The third kappa shape index (κ3) is 10.5. The van der Waals surface area contributed by atoms with Gasteiger partial charge in [-0.2, -0.15) is 17.9 Å². The lowest BCUT2D eigenvalue weighted by molar-refractivity contribution is -0.293. The zero-order valence-corrected chi connectivity index (χ0v) is 30.9. The van der Waals surface area contributed by atoms with E-state index in [2.05, 4.69) is 27.0 Å². The van der Waals surface area contributed by atoms with Gasteiger partial charge in [-0.3, -0.25) is 13.6 Å². The minimum atomic E-state index is -6.13. The number of hydrogen-bond donors (Lipinski definition) is 6. The second-order valence-electron chi connectivity index (χ2n) is 10.9. The zero-order chi connectivity index (χ0) is 37.2. The maximum atomic E-state index is 13.0. The highest BCUT2D eigenvalue weighted by Gasteiger charge is 2.75. The van der Waals surface area contributed by atoms with Gasteiger partial charge in [0.2, 0.25) is 0 Å². The van der Waals surface area contributed by atoms with Crippen molar-refractivity contribution in [2.75, 3.05) is 12.4 Å². The topological polar surface area (TPSA) is 298 Å². The Morgan fingerprint density at radius 2 is 1.52 bits per heavy atom. The van der Waals surface area contributed by atoms with E-state index < -0.39 is 79.9 Å². The number of phosphoric acid groups is 4. The van der Waals surface area contributed by atoms with E-state index >= 15 is 0 Å². The summed E-state index contributed by atoms with van der Waals surface area (Å²) in [6.07, 6.45) is -3.90. The molecule has 21 nitrogen and oxygen atoms in total. The molecule has 0 spiro atoms. The monoisotopic (exact) mass is 812 g/mol. The summed E-state index contributed by atoms with van der Waals surface area (Å²) < 4.78 is 87.3. The summed E-state index contributed by atoms with van der Waals surface area (Å²) in [6.45, 7) is 3.13. The molecule has 0 aliphatic carbocycles. The van der Waals surface area contributed by atoms with Crippen molar-refractivity contribution < 1.29 is 84.2 Å². The molecule has 50 heavy (non-hydrogen) atoms. The Morgan fingerprint density at radius 1 is 0.920 bits per heavy atom. The Morgan fingerprint density at radius 3 is 2.12 bits per heavy atom. The Balaban J connectivity index is 1.53. The summed E-state index contributed by atoms with van der Waals surface area (Å²) in [5.74, 6) is -5.16. The van der Waals surface area contributed by atoms with Gasteiger partial charge in [0, 0.05) is 12.6 Å². The largest absolute Gasteiger partial charge is 0.490 e. The van der Waals surface area contributed by atoms with Crippen LogP contribution in [0.5, 0.6) is 0 Å². The zero-order valence-electron chi connectivity index (χ0n) is 26.5. The number of ether oxygens (including phenoxy) is 3. The number of phosphoric ester groups is 2. The molecule has 2 aliphatic heterocycles. The molecule has 0 radical (unpaired) electrons. The van der Waals surface area contributed by atoms with Crippen LogP contribution in [0.4, 0.5) is 0 Å². The first-order chi connectivity index (χ1) is 23.1. The number of fused-ring (bicyclic) bond motifs is 1. The fourth-order valence-electron chi connectivity index (χ4n) is 4.68. The molecule has 9 atom stereocenters. The fraction of sp³-hybridized carbons (Fsp3) is 0.583. The van der Waals surface area contributed by atoms with E-state index in [1.165, 1.54) is 37.9 Å². The quantitative estimate of drug-likeness (QED) is 0.0716. The van der Waals surface area contributed by atoms with Crippen molar-refractivity contribution in [2.45, 2.75) is 81.4 Å². The van der Waals surface area contributed by atoms with E-state index in [-0.39, 0.29) is 6.42 Å². The third-order valence-electron chi connectivity index (χ3n) is 6.57. The highest BCUT2D eigenvalue weighted by atomic mass is 32.2. The second-order valence-corrected chi connectivity index (χ2v) is 18.2. The third-order valence-corrected chi connectivity index (χ3v) is 13.8. The van der Waals surface area contributed by atoms with Crippen LogP contribution in [-0.2, 0) is 60.9 Å². The lowest BCUT2D eigenvalue weighted by Crippen LogP contribution is -2.57. The number of aliphatic hydroxyl groups is 2. The van der Waals surface area contributed by atoms with E-state index in [1.54, 1.807) is 30.3 Å². The molecule has 1 aromatic heterocycles. The van der Waals surface area contributed by atoms with Gasteiger partial charge in [0.05, 0.1) is 12.7 Å². The smallest absolute Gasteiger partial charge is 0.359 e. The van der Waals surface area contributed by atoms with E-state index in [0.717, 1.165) is 16.6 Å². The van der Waals surface area contributed by atoms with Gasteiger partial charge in [-0.05, 0) is 44.1 Å². The summed E-state index contributed by atoms with van der Waals surface area (Å²) in [6, 6.07) is 10.4. The van der Waals surface area contributed by atoms with E-state index in [0.29, 0.717) is 17.2 Å². The molecule has 26 heteroatoms. The summed E-state index contributed by atoms with van der Waals surface area (Å²) in [5.41, 5.74) is -0.105. The average molecular weight is 813 g/mol. The van der Waals surface area contributed by atoms with Gasteiger partial charge in [-0.1, -0.05) is 37.3 Å². The van der Waals surface area contributed by atoms with Crippen LogP contribution < -0.4 is 5.69 Å². The molecule has 0 amide bonds. The van der Waals surface area contributed by atoms with Crippen LogP contribution in [0.1, 0.15) is 45.4 Å². The molecule has 2 aromatic rings. The van der Waals surface area contributed by atoms with Crippen LogP contribution in [0.25, 0.3) is 0 Å². The molecule has 4 rings (SSSR count). The van der Waals surface area contributed by atoms with Crippen LogP contribution >= 0.6 is 43.1 Å². The van der Waals surface area contributed by atoms with Crippen molar-refractivity contribution in [2.24, 2.45) is 0 Å². The molecule has 2 aliphatic rings. The first-order valence-electron chi connectivity index (χ1n) is 14.6. The van der Waals surface area contributed by atoms with Crippen molar-refractivity contribution >= 4 is 43.1 Å². The van der Waals surface area contributed by atoms with Crippen LogP contribution in [-0.4, -0.2) is 81.8 Å². The minimum Gasteiger partial charge on any atom is -0.359 e. The molecule has 0 saturated carbocycles. The standard InChI is InChI=1S/C24H36N2O19P4S/c1-4-14-50-19-12-13-26(22(27)25-19)21-24(29)23(28,40-20(41-24)11-10-17-8-6-5-7-9-17)18(39-21)15-38-46(30,31)43-48(34,35)45-49(36,37)44-47(32,33)42-16(2)3/h5-9,12-13,16,18,20-21,28-29H,4,10-11,14-15H2,1-3H3,(H,30,31)(H,32,33)(H,34,35)(H,36,37)/t18-,20?,21-,23-,24?/m1/s1. The molecule has 2 fully saturated rings. The van der Waals surface area contributed by atoms with Crippen molar-refractivity contribution in [3.63, 3.8) is 0 Å². The first-order valence-corrected chi connectivity index (χ1v) is 21.6. The summed E-state index contributed by atoms with van der Waals surface area (Å²) >= 11 is 1.28. The number of hydrogen-bond acceptors (Lipinski definition) is 17. The number of rotatable bonds is 18. The molecule has 1 aromatic carbocycles. The molecule has 3 heterocycles. The normalized spacial score (nSPS) is 29.9. The van der Waals surface area contributed by atoms with E-state index in [9.17, 15) is 52.8 Å². The SMILES string of the molecule is CCCSc1ccn([C@@H]2O[C@H](COP(=O)(O)OP(=O)(O)OP(=O)(O)OP(=O)(O)OC(C)C)[C@@]3(O)OC(CCc4ccccc4)OC23O)c(=O)n1. The van der Waals surface area contributed by atoms with Gasteiger partial charge < -0.3 is 44.0 Å². The number of benzene rings is 1. The average Bonchev–Trinajstić information content (AvgIpc) is 3.34. The van der Waals surface area contributed by atoms with Crippen molar-refractivity contribution in [3.8, 4) is 0 Å². The Labute approximate surface area is 288 Å². The van der Waals surface area contributed by atoms with Crippen molar-refractivity contribution in [3.05, 3.63) is 58.6 Å². The molecule has 2 saturated heterocycles. The highest BCUT2D eigenvalue weighted by Crippen LogP contribution is 2.71. The molecule has 6 N–H and O–H groups in total. The van der Waals surface area contributed by atoms with Crippen LogP contribution in [0.15, 0.2) is 52.4 Å². The molecular weight excluding hydrogens is 776 g/mol.